The summed E-state index contributed by atoms with van der Waals surface area (Å²) in [5, 5.41) is 2.84. The second kappa shape index (κ2) is 5.35. The molecule has 20 heavy (non-hydrogen) atoms. The molecule has 4 heteroatoms. The Bertz CT molecular complexity index is 789. The molecule has 0 aliphatic rings. The molecule has 0 aliphatic heterocycles. The monoisotopic (exact) mass is 347 g/mol. The van der Waals surface area contributed by atoms with Crippen molar-refractivity contribution in [2.24, 2.45) is 0 Å². The number of ether oxygens (including phenoxy) is 1. The van der Waals surface area contributed by atoms with Gasteiger partial charge in [0.05, 0.1) is 5.69 Å². The van der Waals surface area contributed by atoms with Gasteiger partial charge in [-0.15, -0.1) is 0 Å². The van der Waals surface area contributed by atoms with Crippen molar-refractivity contribution in [2.75, 3.05) is 5.73 Å². The molecule has 0 bridgehead atoms. The van der Waals surface area contributed by atoms with Crippen molar-refractivity contribution in [3.05, 3.63) is 64.1 Å². The molecule has 0 amide bonds. The summed E-state index contributed by atoms with van der Waals surface area (Å²) in [6, 6.07) is 17.2. The van der Waals surface area contributed by atoms with E-state index < -0.39 is 0 Å². The van der Waals surface area contributed by atoms with Crippen molar-refractivity contribution in [1.29, 1.82) is 0 Å². The smallest absolute Gasteiger partial charge is 0.151 e. The van der Waals surface area contributed by atoms with Crippen molar-refractivity contribution in [2.45, 2.75) is 0 Å². The van der Waals surface area contributed by atoms with Gasteiger partial charge in [0.15, 0.2) is 5.75 Å². The Hall–Kier alpha value is -1.71. The zero-order valence-electron chi connectivity index (χ0n) is 10.4. The Morgan fingerprint density at radius 2 is 1.65 bits per heavy atom. The Morgan fingerprint density at radius 1 is 0.900 bits per heavy atom. The molecule has 0 heterocycles. The summed E-state index contributed by atoms with van der Waals surface area (Å²) < 4.78 is 6.86. The molecule has 0 radical (unpaired) electrons. The molecule has 0 aromatic heterocycles. The number of benzene rings is 3. The van der Waals surface area contributed by atoms with Crippen LogP contribution in [-0.2, 0) is 0 Å². The third-order valence-corrected chi connectivity index (χ3v) is 3.71. The number of hydrogen-bond donors (Lipinski definition) is 1. The first-order valence-corrected chi connectivity index (χ1v) is 7.21. The molecule has 0 saturated heterocycles. The van der Waals surface area contributed by atoms with Crippen molar-refractivity contribution >= 4 is 44.0 Å². The third-order valence-electron chi connectivity index (χ3n) is 2.98. The van der Waals surface area contributed by atoms with Crippen LogP contribution in [0.25, 0.3) is 10.8 Å². The average Bonchev–Trinajstić information content (AvgIpc) is 2.43. The average molecular weight is 349 g/mol. The highest BCUT2D eigenvalue weighted by Gasteiger charge is 2.04. The summed E-state index contributed by atoms with van der Waals surface area (Å²) in [6.45, 7) is 0. The maximum atomic E-state index is 5.95. The normalized spacial score (nSPS) is 10.7. The lowest BCUT2D eigenvalue weighted by atomic mass is 10.1. The second-order valence-corrected chi connectivity index (χ2v) is 5.79. The van der Waals surface area contributed by atoms with Crippen molar-refractivity contribution < 1.29 is 4.74 Å². The van der Waals surface area contributed by atoms with Crippen molar-refractivity contribution in [1.82, 2.24) is 0 Å². The van der Waals surface area contributed by atoms with Gasteiger partial charge in [-0.25, -0.2) is 0 Å². The van der Waals surface area contributed by atoms with Gasteiger partial charge in [0, 0.05) is 15.6 Å². The molecule has 0 spiro atoms. The summed E-state index contributed by atoms with van der Waals surface area (Å²) in [5.41, 5.74) is 6.44. The third kappa shape index (κ3) is 2.74. The molecule has 0 atom stereocenters. The second-order valence-electron chi connectivity index (χ2n) is 4.44. The molecule has 3 rings (SSSR count). The fourth-order valence-corrected chi connectivity index (χ4v) is 2.52. The molecule has 3 aromatic rings. The Morgan fingerprint density at radius 3 is 2.50 bits per heavy atom. The molecule has 0 saturated carbocycles. The summed E-state index contributed by atoms with van der Waals surface area (Å²) in [7, 11) is 0. The SMILES string of the molecule is Nc1ccc(Cl)cc1Oc1ccc2cc(Br)ccc2c1. The van der Waals surface area contributed by atoms with Gasteiger partial charge in [-0.3, -0.25) is 0 Å². The van der Waals surface area contributed by atoms with E-state index in [4.69, 9.17) is 22.1 Å². The number of fused-ring (bicyclic) bond motifs is 1. The highest BCUT2D eigenvalue weighted by atomic mass is 79.9. The summed E-state index contributed by atoms with van der Waals surface area (Å²) >= 11 is 9.41. The lowest BCUT2D eigenvalue weighted by molar-refractivity contribution is 0.486. The zero-order chi connectivity index (χ0) is 14.1. The summed E-state index contributed by atoms with van der Waals surface area (Å²) in [4.78, 5) is 0. The molecule has 2 N–H and O–H groups in total. The van der Waals surface area contributed by atoms with E-state index in [0.717, 1.165) is 21.0 Å². The number of halogens is 2. The number of rotatable bonds is 2. The summed E-state index contributed by atoms with van der Waals surface area (Å²) in [5.74, 6) is 1.29. The zero-order valence-corrected chi connectivity index (χ0v) is 12.8. The molecule has 3 aromatic carbocycles. The minimum Gasteiger partial charge on any atom is -0.455 e. The van der Waals surface area contributed by atoms with Crippen LogP contribution >= 0.6 is 27.5 Å². The molecule has 100 valence electrons. The van der Waals surface area contributed by atoms with Crippen LogP contribution < -0.4 is 10.5 Å². The van der Waals surface area contributed by atoms with Crippen LogP contribution in [-0.4, -0.2) is 0 Å². The first-order valence-electron chi connectivity index (χ1n) is 6.04. The maximum absolute atomic E-state index is 5.95. The van der Waals surface area contributed by atoms with E-state index in [1.807, 2.05) is 30.3 Å². The van der Waals surface area contributed by atoms with E-state index in [0.29, 0.717) is 16.5 Å². The number of nitrogens with two attached hydrogens (primary N) is 1. The number of nitrogen functional groups attached to an aromatic ring is 1. The van der Waals surface area contributed by atoms with Crippen molar-refractivity contribution in [3.8, 4) is 11.5 Å². The largest absolute Gasteiger partial charge is 0.455 e. The van der Waals surface area contributed by atoms with Crippen LogP contribution in [0.15, 0.2) is 59.1 Å². The van der Waals surface area contributed by atoms with Crippen LogP contribution in [0.3, 0.4) is 0 Å². The van der Waals surface area contributed by atoms with Gasteiger partial charge in [0.2, 0.25) is 0 Å². The quantitative estimate of drug-likeness (QED) is 0.609. The van der Waals surface area contributed by atoms with Gasteiger partial charge in [0.1, 0.15) is 5.75 Å². The molecular weight excluding hydrogens is 338 g/mol. The predicted octanol–water partition coefficient (Wildman–Crippen LogP) is 5.63. The topological polar surface area (TPSA) is 35.2 Å². The molecular formula is C16H11BrClNO. The van der Waals surface area contributed by atoms with Gasteiger partial charge in [-0.05, 0) is 47.2 Å². The van der Waals surface area contributed by atoms with Crippen LogP contribution in [0.2, 0.25) is 5.02 Å². The fourth-order valence-electron chi connectivity index (χ4n) is 1.98. The molecule has 0 aliphatic carbocycles. The molecule has 0 unspecified atom stereocenters. The minimum atomic E-state index is 0.560. The number of anilines is 1. The fraction of sp³-hybridized carbons (Fsp3) is 0. The first-order chi connectivity index (χ1) is 9.61. The van der Waals surface area contributed by atoms with Crippen LogP contribution in [0.5, 0.6) is 11.5 Å². The van der Waals surface area contributed by atoms with E-state index in [1.54, 1.807) is 18.2 Å². The lowest BCUT2D eigenvalue weighted by Crippen LogP contribution is -1.91. The van der Waals surface area contributed by atoms with E-state index in [-0.39, 0.29) is 0 Å². The van der Waals surface area contributed by atoms with E-state index >= 15 is 0 Å². The van der Waals surface area contributed by atoms with E-state index in [1.165, 1.54) is 0 Å². The molecule has 0 fully saturated rings. The van der Waals surface area contributed by atoms with Gasteiger partial charge < -0.3 is 10.5 Å². The lowest BCUT2D eigenvalue weighted by Gasteiger charge is -2.09. The van der Waals surface area contributed by atoms with Crippen molar-refractivity contribution in [3.63, 3.8) is 0 Å². The van der Waals surface area contributed by atoms with Gasteiger partial charge in [0.25, 0.3) is 0 Å². The van der Waals surface area contributed by atoms with Crippen LogP contribution in [0.4, 0.5) is 5.69 Å². The van der Waals surface area contributed by atoms with Crippen LogP contribution in [0.1, 0.15) is 0 Å². The predicted molar refractivity (Wildman–Crippen MR) is 87.6 cm³/mol. The van der Waals surface area contributed by atoms with E-state index in [2.05, 4.69) is 22.0 Å². The minimum absolute atomic E-state index is 0.560. The van der Waals surface area contributed by atoms with Gasteiger partial charge >= 0.3 is 0 Å². The highest BCUT2D eigenvalue weighted by Crippen LogP contribution is 2.32. The Kier molecular flexibility index (Phi) is 3.55. The number of hydrogen-bond acceptors (Lipinski definition) is 2. The van der Waals surface area contributed by atoms with Gasteiger partial charge in [-0.1, -0.05) is 39.7 Å². The Labute approximate surface area is 130 Å². The summed E-state index contributed by atoms with van der Waals surface area (Å²) in [6.07, 6.45) is 0. The highest BCUT2D eigenvalue weighted by molar-refractivity contribution is 9.10. The molecule has 2 nitrogen and oxygen atoms in total. The van der Waals surface area contributed by atoms with E-state index in [9.17, 15) is 0 Å². The maximum Gasteiger partial charge on any atom is 0.151 e. The van der Waals surface area contributed by atoms with Gasteiger partial charge in [-0.2, -0.15) is 0 Å². The van der Waals surface area contributed by atoms with Crippen LogP contribution in [0, 0.1) is 0 Å². The Balaban J connectivity index is 1.98. The first kappa shape index (κ1) is 13.3. The standard InChI is InChI=1S/C16H11BrClNO/c17-12-3-1-11-8-14(5-2-10(11)7-12)20-16-9-13(18)4-6-15(16)19/h1-9H,19H2.